The molecule has 0 aromatic carbocycles. The Morgan fingerprint density at radius 1 is 1.39 bits per heavy atom. The highest BCUT2D eigenvalue weighted by atomic mass is 16.6. The van der Waals surface area contributed by atoms with Gasteiger partial charge >= 0.3 is 5.97 Å². The highest BCUT2D eigenvalue weighted by Crippen LogP contribution is 2.39. The first-order chi connectivity index (χ1) is 8.55. The SMILES string of the molecule is C=C(C)C(=O)OC(C)N1CCOC12CCCCC2. The highest BCUT2D eigenvalue weighted by Gasteiger charge is 2.45. The predicted octanol–water partition coefficient (Wildman–Crippen LogP) is 2.44. The van der Waals surface area contributed by atoms with Crippen molar-refractivity contribution in [1.29, 1.82) is 0 Å². The van der Waals surface area contributed by atoms with E-state index in [0.29, 0.717) is 5.57 Å². The van der Waals surface area contributed by atoms with Gasteiger partial charge in [0.25, 0.3) is 0 Å². The maximum Gasteiger partial charge on any atom is 0.334 e. The molecule has 4 heteroatoms. The zero-order valence-electron chi connectivity index (χ0n) is 11.4. The molecule has 18 heavy (non-hydrogen) atoms. The Morgan fingerprint density at radius 3 is 2.67 bits per heavy atom. The van der Waals surface area contributed by atoms with Crippen LogP contribution in [-0.4, -0.2) is 36.0 Å². The van der Waals surface area contributed by atoms with Gasteiger partial charge < -0.3 is 9.47 Å². The van der Waals surface area contributed by atoms with Gasteiger partial charge in [0.05, 0.1) is 6.61 Å². The summed E-state index contributed by atoms with van der Waals surface area (Å²) >= 11 is 0. The maximum atomic E-state index is 11.6. The van der Waals surface area contributed by atoms with Crippen molar-refractivity contribution in [1.82, 2.24) is 4.90 Å². The molecule has 1 atom stereocenters. The van der Waals surface area contributed by atoms with Crippen LogP contribution >= 0.6 is 0 Å². The van der Waals surface area contributed by atoms with Crippen LogP contribution in [0.25, 0.3) is 0 Å². The molecule has 0 amide bonds. The fourth-order valence-electron chi connectivity index (χ4n) is 2.99. The molecule has 102 valence electrons. The second-order valence-corrected chi connectivity index (χ2v) is 5.33. The van der Waals surface area contributed by atoms with Crippen LogP contribution in [0.4, 0.5) is 0 Å². The van der Waals surface area contributed by atoms with Gasteiger partial charge in [0.1, 0.15) is 5.72 Å². The Hall–Kier alpha value is -0.870. The lowest BCUT2D eigenvalue weighted by atomic mass is 9.90. The van der Waals surface area contributed by atoms with Crippen molar-refractivity contribution in [2.24, 2.45) is 0 Å². The number of ether oxygens (including phenoxy) is 2. The van der Waals surface area contributed by atoms with Crippen LogP contribution in [0.5, 0.6) is 0 Å². The van der Waals surface area contributed by atoms with Gasteiger partial charge in [-0.25, -0.2) is 9.69 Å². The summed E-state index contributed by atoms with van der Waals surface area (Å²) in [4.78, 5) is 13.8. The lowest BCUT2D eigenvalue weighted by molar-refractivity contribution is -0.181. The average molecular weight is 253 g/mol. The third kappa shape index (κ3) is 2.59. The Balaban J connectivity index is 2.02. The zero-order chi connectivity index (χ0) is 13.2. The van der Waals surface area contributed by atoms with Crippen molar-refractivity contribution >= 4 is 5.97 Å². The Kier molecular flexibility index (Phi) is 4.07. The molecule has 2 rings (SSSR count). The monoisotopic (exact) mass is 253 g/mol. The van der Waals surface area contributed by atoms with Gasteiger partial charge in [0.2, 0.25) is 0 Å². The van der Waals surface area contributed by atoms with Gasteiger partial charge in [-0.3, -0.25) is 0 Å². The van der Waals surface area contributed by atoms with Crippen LogP contribution in [0.2, 0.25) is 0 Å². The molecule has 1 aliphatic heterocycles. The summed E-state index contributed by atoms with van der Waals surface area (Å²) in [6.07, 6.45) is 5.51. The van der Waals surface area contributed by atoms with Gasteiger partial charge in [-0.05, 0) is 39.5 Å². The molecular weight excluding hydrogens is 230 g/mol. The number of hydrogen-bond acceptors (Lipinski definition) is 4. The van der Waals surface area contributed by atoms with Crippen molar-refractivity contribution in [2.75, 3.05) is 13.2 Å². The molecular formula is C14H23NO3. The molecule has 0 radical (unpaired) electrons. The van der Waals surface area contributed by atoms with Crippen LogP contribution in [0, 0.1) is 0 Å². The summed E-state index contributed by atoms with van der Waals surface area (Å²) in [6.45, 7) is 8.78. The van der Waals surface area contributed by atoms with Crippen molar-refractivity contribution < 1.29 is 14.3 Å². The fraction of sp³-hybridized carbons (Fsp3) is 0.786. The second kappa shape index (κ2) is 5.41. The van der Waals surface area contributed by atoms with Crippen molar-refractivity contribution in [3.63, 3.8) is 0 Å². The largest absolute Gasteiger partial charge is 0.443 e. The van der Waals surface area contributed by atoms with Gasteiger partial charge in [-0.15, -0.1) is 0 Å². The molecule has 0 N–H and O–H groups in total. The van der Waals surface area contributed by atoms with Crippen molar-refractivity contribution in [3.05, 3.63) is 12.2 Å². The summed E-state index contributed by atoms with van der Waals surface area (Å²) in [5.74, 6) is -0.319. The average Bonchev–Trinajstić information content (AvgIpc) is 2.73. The second-order valence-electron chi connectivity index (χ2n) is 5.33. The molecule has 1 aliphatic carbocycles. The molecule has 2 aliphatic rings. The van der Waals surface area contributed by atoms with Crippen LogP contribution in [-0.2, 0) is 14.3 Å². The lowest BCUT2D eigenvalue weighted by Crippen LogP contribution is -2.51. The normalized spacial score (nSPS) is 25.0. The minimum atomic E-state index is -0.319. The number of esters is 1. The molecule has 1 spiro atoms. The van der Waals surface area contributed by atoms with Gasteiger partial charge in [-0.2, -0.15) is 0 Å². The van der Waals surface area contributed by atoms with E-state index in [-0.39, 0.29) is 17.9 Å². The Morgan fingerprint density at radius 2 is 2.06 bits per heavy atom. The number of hydrogen-bond donors (Lipinski definition) is 0. The quantitative estimate of drug-likeness (QED) is 0.572. The Labute approximate surface area is 109 Å². The van der Waals surface area contributed by atoms with Crippen LogP contribution < -0.4 is 0 Å². The number of carbonyl (C=O) groups excluding carboxylic acids is 1. The first kappa shape index (κ1) is 13.6. The lowest BCUT2D eigenvalue weighted by Gasteiger charge is -2.42. The smallest absolute Gasteiger partial charge is 0.334 e. The number of carbonyl (C=O) groups is 1. The van der Waals surface area contributed by atoms with Gasteiger partial charge in [0.15, 0.2) is 6.23 Å². The minimum Gasteiger partial charge on any atom is -0.443 e. The molecule has 2 fully saturated rings. The topological polar surface area (TPSA) is 38.8 Å². The minimum absolute atomic E-state index is 0.187. The standard InChI is InChI=1S/C14H23NO3/c1-11(2)13(16)18-12(3)15-9-10-17-14(15)7-5-4-6-8-14/h12H,1,4-10H2,2-3H3. The zero-order valence-corrected chi connectivity index (χ0v) is 11.4. The third-order valence-corrected chi connectivity index (χ3v) is 3.93. The van der Waals surface area contributed by atoms with Gasteiger partial charge in [0, 0.05) is 12.1 Å². The van der Waals surface area contributed by atoms with Crippen molar-refractivity contribution in [3.8, 4) is 0 Å². The third-order valence-electron chi connectivity index (χ3n) is 3.93. The van der Waals surface area contributed by atoms with Crippen molar-refractivity contribution in [2.45, 2.75) is 57.9 Å². The number of rotatable bonds is 3. The summed E-state index contributed by atoms with van der Waals surface area (Å²) in [6, 6.07) is 0. The molecule has 0 bridgehead atoms. The summed E-state index contributed by atoms with van der Waals surface area (Å²) < 4.78 is 11.4. The maximum absolute atomic E-state index is 11.6. The van der Waals surface area contributed by atoms with E-state index in [4.69, 9.17) is 9.47 Å². The van der Waals surface area contributed by atoms with E-state index in [2.05, 4.69) is 11.5 Å². The van der Waals surface area contributed by atoms with E-state index in [9.17, 15) is 4.79 Å². The van der Waals surface area contributed by atoms with E-state index >= 15 is 0 Å². The molecule has 0 aromatic heterocycles. The van der Waals surface area contributed by atoms with E-state index in [1.807, 2.05) is 6.92 Å². The van der Waals surface area contributed by atoms with E-state index in [1.54, 1.807) is 6.92 Å². The highest BCUT2D eigenvalue weighted by molar-refractivity contribution is 5.87. The molecule has 1 heterocycles. The van der Waals surface area contributed by atoms with Crippen LogP contribution in [0.3, 0.4) is 0 Å². The van der Waals surface area contributed by atoms with Crippen LogP contribution in [0.1, 0.15) is 46.0 Å². The Bertz CT molecular complexity index is 334. The van der Waals surface area contributed by atoms with Crippen LogP contribution in [0.15, 0.2) is 12.2 Å². The molecule has 0 aromatic rings. The van der Waals surface area contributed by atoms with E-state index in [0.717, 1.165) is 26.0 Å². The predicted molar refractivity (Wildman–Crippen MR) is 68.8 cm³/mol. The molecule has 4 nitrogen and oxygen atoms in total. The molecule has 1 saturated carbocycles. The summed E-state index contributed by atoms with van der Waals surface area (Å²) in [5.41, 5.74) is 0.257. The number of nitrogens with zero attached hydrogens (tertiary/aromatic N) is 1. The van der Waals surface area contributed by atoms with Gasteiger partial charge in [-0.1, -0.05) is 13.0 Å². The molecule has 1 unspecified atom stereocenters. The van der Waals surface area contributed by atoms with E-state index < -0.39 is 0 Å². The summed E-state index contributed by atoms with van der Waals surface area (Å²) in [5, 5.41) is 0. The summed E-state index contributed by atoms with van der Waals surface area (Å²) in [7, 11) is 0. The first-order valence-corrected chi connectivity index (χ1v) is 6.82. The molecule has 1 saturated heterocycles. The van der Waals surface area contributed by atoms with E-state index in [1.165, 1.54) is 19.3 Å². The first-order valence-electron chi connectivity index (χ1n) is 6.82. The fourth-order valence-corrected chi connectivity index (χ4v) is 2.99.